The molecule has 0 spiro atoms. The van der Waals surface area contributed by atoms with Crippen LogP contribution >= 0.6 is 0 Å². The summed E-state index contributed by atoms with van der Waals surface area (Å²) in [6.45, 7) is 0.374. The first-order valence-electron chi connectivity index (χ1n) is 6.26. The molecule has 4 nitrogen and oxygen atoms in total. The third-order valence-corrected chi connectivity index (χ3v) is 2.84. The molecule has 0 unspecified atom stereocenters. The molecule has 7 heteroatoms. The Kier molecular flexibility index (Phi) is 4.62. The van der Waals surface area contributed by atoms with Crippen molar-refractivity contribution >= 4 is 5.91 Å². The third kappa shape index (κ3) is 4.62. The second-order valence-electron chi connectivity index (χ2n) is 4.51. The lowest BCUT2D eigenvalue weighted by atomic mass is 10.1. The average molecular weight is 298 g/mol. The molecule has 0 fully saturated rings. The van der Waals surface area contributed by atoms with Gasteiger partial charge in [-0.25, -0.2) is 0 Å². The second-order valence-corrected chi connectivity index (χ2v) is 4.51. The van der Waals surface area contributed by atoms with Crippen molar-refractivity contribution in [2.45, 2.75) is 19.0 Å². The Morgan fingerprint density at radius 1 is 1.29 bits per heavy atom. The van der Waals surface area contributed by atoms with Crippen LogP contribution in [0, 0.1) is 0 Å². The molecule has 2 aromatic rings. The van der Waals surface area contributed by atoms with Crippen molar-refractivity contribution in [3.8, 4) is 0 Å². The molecule has 1 aromatic carbocycles. The highest BCUT2D eigenvalue weighted by molar-refractivity contribution is 5.78. The molecule has 0 radical (unpaired) electrons. The fraction of sp³-hybridized carbons (Fsp3) is 0.286. The molecule has 0 atom stereocenters. The van der Waals surface area contributed by atoms with Crippen molar-refractivity contribution in [2.75, 3.05) is 6.54 Å². The normalized spacial score (nSPS) is 11.4. The number of nitrogens with zero attached hydrogens (tertiary/aromatic N) is 1. The Morgan fingerprint density at radius 3 is 2.76 bits per heavy atom. The van der Waals surface area contributed by atoms with Gasteiger partial charge >= 0.3 is 6.18 Å². The first-order chi connectivity index (χ1) is 9.95. The summed E-state index contributed by atoms with van der Waals surface area (Å²) in [6.07, 6.45) is -0.927. The lowest BCUT2D eigenvalue weighted by Crippen LogP contribution is -2.27. The number of rotatable bonds is 5. The second kappa shape index (κ2) is 6.43. The fourth-order valence-corrected chi connectivity index (χ4v) is 1.80. The van der Waals surface area contributed by atoms with Crippen molar-refractivity contribution in [3.05, 3.63) is 53.4 Å². The zero-order chi connectivity index (χ0) is 15.3. The largest absolute Gasteiger partial charge is 0.416 e. The summed E-state index contributed by atoms with van der Waals surface area (Å²) in [5.41, 5.74) is 0.416. The number of carbonyl (C=O) groups excluding carboxylic acids is 1. The topological polar surface area (TPSA) is 55.1 Å². The molecular formula is C14H13F3N2O2. The van der Waals surface area contributed by atoms with Crippen LogP contribution in [0.2, 0.25) is 0 Å². The number of amides is 1. The molecule has 1 amide bonds. The number of benzene rings is 1. The highest BCUT2D eigenvalue weighted by atomic mass is 19.4. The van der Waals surface area contributed by atoms with Gasteiger partial charge in [0.25, 0.3) is 0 Å². The van der Waals surface area contributed by atoms with Crippen LogP contribution in [-0.2, 0) is 23.8 Å². The minimum absolute atomic E-state index is 0.0897. The minimum Gasteiger partial charge on any atom is -0.364 e. The van der Waals surface area contributed by atoms with Crippen molar-refractivity contribution < 1.29 is 22.5 Å². The molecule has 0 aliphatic rings. The van der Waals surface area contributed by atoms with E-state index in [9.17, 15) is 18.0 Å². The smallest absolute Gasteiger partial charge is 0.364 e. The zero-order valence-electron chi connectivity index (χ0n) is 11.0. The van der Waals surface area contributed by atoms with Crippen LogP contribution in [0.5, 0.6) is 0 Å². The molecule has 0 saturated carbocycles. The van der Waals surface area contributed by atoms with E-state index in [0.29, 0.717) is 18.5 Å². The lowest BCUT2D eigenvalue weighted by Gasteiger charge is -2.09. The molecule has 2 rings (SSSR count). The van der Waals surface area contributed by atoms with Crippen molar-refractivity contribution in [1.29, 1.82) is 0 Å². The summed E-state index contributed by atoms with van der Waals surface area (Å²) in [5.74, 6) is -0.328. The standard InChI is InChI=1S/C14H13F3N2O2/c15-14(16,17)12-3-1-2-10(6-12)7-13(20)18-5-4-11-8-19-21-9-11/h1-3,6,8-9H,4-5,7H2,(H,18,20). The van der Waals surface area contributed by atoms with Crippen LogP contribution in [0.25, 0.3) is 0 Å². The quantitative estimate of drug-likeness (QED) is 0.923. The van der Waals surface area contributed by atoms with Gasteiger partial charge in [0.1, 0.15) is 6.26 Å². The van der Waals surface area contributed by atoms with Crippen LogP contribution in [0.1, 0.15) is 16.7 Å². The zero-order valence-corrected chi connectivity index (χ0v) is 11.0. The van der Waals surface area contributed by atoms with Gasteiger partial charge in [-0.3, -0.25) is 4.79 Å². The molecule has 1 aromatic heterocycles. The molecule has 21 heavy (non-hydrogen) atoms. The monoisotopic (exact) mass is 298 g/mol. The maximum absolute atomic E-state index is 12.5. The molecule has 0 bridgehead atoms. The Balaban J connectivity index is 1.85. The predicted octanol–water partition coefficient (Wildman–Crippen LogP) is 2.59. The predicted molar refractivity (Wildman–Crippen MR) is 68.4 cm³/mol. The molecule has 1 N–H and O–H groups in total. The van der Waals surface area contributed by atoms with E-state index in [1.54, 1.807) is 6.20 Å². The number of halogens is 3. The molecule has 0 aliphatic carbocycles. The summed E-state index contributed by atoms with van der Waals surface area (Å²) in [5, 5.41) is 6.16. The van der Waals surface area contributed by atoms with E-state index in [4.69, 9.17) is 0 Å². The number of hydrogen-bond donors (Lipinski definition) is 1. The van der Waals surface area contributed by atoms with E-state index < -0.39 is 11.7 Å². The Hall–Kier alpha value is -2.31. The van der Waals surface area contributed by atoms with Gasteiger partial charge in [0, 0.05) is 12.1 Å². The molecule has 0 aliphatic heterocycles. The van der Waals surface area contributed by atoms with Crippen LogP contribution in [0.3, 0.4) is 0 Å². The van der Waals surface area contributed by atoms with Crippen LogP contribution in [0.4, 0.5) is 13.2 Å². The van der Waals surface area contributed by atoms with E-state index in [2.05, 4.69) is 15.0 Å². The number of hydrogen-bond acceptors (Lipinski definition) is 3. The Labute approximate surface area is 118 Å². The third-order valence-electron chi connectivity index (χ3n) is 2.84. The summed E-state index contributed by atoms with van der Waals surface area (Å²) < 4.78 is 42.3. The van der Waals surface area contributed by atoms with E-state index in [0.717, 1.165) is 17.7 Å². The van der Waals surface area contributed by atoms with E-state index in [1.807, 2.05) is 0 Å². The summed E-state index contributed by atoms with van der Waals surface area (Å²) >= 11 is 0. The van der Waals surface area contributed by atoms with E-state index >= 15 is 0 Å². The molecular weight excluding hydrogens is 285 g/mol. The first kappa shape index (κ1) is 15.1. The number of carbonyl (C=O) groups is 1. The number of nitrogens with one attached hydrogen (secondary N) is 1. The Bertz CT molecular complexity index is 595. The van der Waals surface area contributed by atoms with Gasteiger partial charge in [0.05, 0.1) is 18.2 Å². The molecule has 1 heterocycles. The SMILES string of the molecule is O=C(Cc1cccc(C(F)(F)F)c1)NCCc1cnoc1. The van der Waals surface area contributed by atoms with Crippen LogP contribution in [-0.4, -0.2) is 17.6 Å². The maximum Gasteiger partial charge on any atom is 0.416 e. The first-order valence-corrected chi connectivity index (χ1v) is 6.26. The molecule has 112 valence electrons. The highest BCUT2D eigenvalue weighted by Crippen LogP contribution is 2.29. The van der Waals surface area contributed by atoms with Gasteiger partial charge in [-0.15, -0.1) is 0 Å². The minimum atomic E-state index is -4.40. The summed E-state index contributed by atoms with van der Waals surface area (Å²) in [6, 6.07) is 4.75. The average Bonchev–Trinajstić information content (AvgIpc) is 2.91. The highest BCUT2D eigenvalue weighted by Gasteiger charge is 2.30. The number of alkyl halides is 3. The van der Waals surface area contributed by atoms with Gasteiger partial charge in [-0.05, 0) is 18.1 Å². The fourth-order valence-electron chi connectivity index (χ4n) is 1.80. The van der Waals surface area contributed by atoms with Crippen LogP contribution in [0.15, 0.2) is 41.2 Å². The van der Waals surface area contributed by atoms with Crippen LogP contribution < -0.4 is 5.32 Å². The maximum atomic E-state index is 12.5. The number of aromatic nitrogens is 1. The Morgan fingerprint density at radius 2 is 2.10 bits per heavy atom. The van der Waals surface area contributed by atoms with Gasteiger partial charge in [-0.2, -0.15) is 13.2 Å². The van der Waals surface area contributed by atoms with Crippen molar-refractivity contribution in [3.63, 3.8) is 0 Å². The van der Waals surface area contributed by atoms with Gasteiger partial charge in [0.2, 0.25) is 5.91 Å². The van der Waals surface area contributed by atoms with Gasteiger partial charge in [0.15, 0.2) is 0 Å². The summed E-state index contributed by atoms with van der Waals surface area (Å²) in [7, 11) is 0. The van der Waals surface area contributed by atoms with Crippen molar-refractivity contribution in [1.82, 2.24) is 10.5 Å². The lowest BCUT2D eigenvalue weighted by molar-refractivity contribution is -0.137. The molecule has 0 saturated heterocycles. The van der Waals surface area contributed by atoms with Gasteiger partial charge in [-0.1, -0.05) is 23.4 Å². The van der Waals surface area contributed by atoms with Gasteiger partial charge < -0.3 is 9.84 Å². The summed E-state index contributed by atoms with van der Waals surface area (Å²) in [4.78, 5) is 11.7. The van der Waals surface area contributed by atoms with E-state index in [-0.39, 0.29) is 12.3 Å². The van der Waals surface area contributed by atoms with Crippen molar-refractivity contribution in [2.24, 2.45) is 0 Å². The van der Waals surface area contributed by atoms with E-state index in [1.165, 1.54) is 18.4 Å².